The van der Waals surface area contributed by atoms with Gasteiger partial charge in [-0.3, -0.25) is 15.2 Å². The average molecular weight is 380 g/mol. The molecule has 1 amide bonds. The number of aromatic nitrogens is 1. The molecule has 4 rings (SSSR count). The molecule has 1 saturated heterocycles. The van der Waals surface area contributed by atoms with E-state index in [0.29, 0.717) is 12.0 Å². The Balaban J connectivity index is 1.40. The molecule has 1 aromatic heterocycles. The first-order chi connectivity index (χ1) is 13.6. The SMILES string of the molecule is CN(C)Cc1ccc(NC(=O)C2NNC3CCC(c4cccnc4)CC32)cc1. The highest BCUT2D eigenvalue weighted by molar-refractivity contribution is 5.95. The van der Waals surface area contributed by atoms with Crippen LogP contribution in [0.25, 0.3) is 0 Å². The molecule has 2 fully saturated rings. The maximum Gasteiger partial charge on any atom is 0.243 e. The van der Waals surface area contributed by atoms with E-state index in [-0.39, 0.29) is 17.9 Å². The monoisotopic (exact) mass is 379 g/mol. The number of benzene rings is 1. The van der Waals surface area contributed by atoms with Crippen LogP contribution in [0.2, 0.25) is 0 Å². The number of nitrogens with one attached hydrogen (secondary N) is 3. The van der Waals surface area contributed by atoms with Gasteiger partial charge in [0.2, 0.25) is 5.91 Å². The zero-order chi connectivity index (χ0) is 19.5. The predicted molar refractivity (Wildman–Crippen MR) is 111 cm³/mol. The van der Waals surface area contributed by atoms with Crippen LogP contribution in [-0.2, 0) is 11.3 Å². The standard InChI is InChI=1S/C22H29N5O/c1-27(2)14-15-5-8-18(9-6-15)24-22(28)21-19-12-16(7-10-20(19)25-26-21)17-4-3-11-23-13-17/h3-6,8-9,11,13,16,19-21,25-26H,7,10,12,14H2,1-2H3,(H,24,28). The van der Waals surface area contributed by atoms with E-state index >= 15 is 0 Å². The van der Waals surface area contributed by atoms with Crippen LogP contribution in [0, 0.1) is 5.92 Å². The Morgan fingerprint density at radius 1 is 1.18 bits per heavy atom. The van der Waals surface area contributed by atoms with Crippen molar-refractivity contribution in [2.75, 3.05) is 19.4 Å². The first kappa shape index (κ1) is 19.1. The predicted octanol–water partition coefficient (Wildman–Crippen LogP) is 2.51. The van der Waals surface area contributed by atoms with Crippen LogP contribution in [0.3, 0.4) is 0 Å². The zero-order valence-corrected chi connectivity index (χ0v) is 16.6. The number of amides is 1. The second kappa shape index (κ2) is 8.39. The van der Waals surface area contributed by atoms with Crippen molar-refractivity contribution in [1.29, 1.82) is 0 Å². The molecule has 0 radical (unpaired) electrons. The van der Waals surface area contributed by atoms with Gasteiger partial charge < -0.3 is 10.2 Å². The van der Waals surface area contributed by atoms with Crippen molar-refractivity contribution in [2.24, 2.45) is 5.92 Å². The molecule has 3 N–H and O–H groups in total. The number of hydrogen-bond donors (Lipinski definition) is 3. The van der Waals surface area contributed by atoms with Crippen LogP contribution in [-0.4, -0.2) is 42.0 Å². The molecule has 2 aliphatic rings. The van der Waals surface area contributed by atoms with E-state index in [2.05, 4.69) is 44.3 Å². The van der Waals surface area contributed by atoms with E-state index < -0.39 is 0 Å². The van der Waals surface area contributed by atoms with Crippen LogP contribution in [0.4, 0.5) is 5.69 Å². The van der Waals surface area contributed by atoms with E-state index in [0.717, 1.165) is 31.5 Å². The van der Waals surface area contributed by atoms with E-state index in [1.807, 2.05) is 44.7 Å². The fraction of sp³-hybridized carbons (Fsp3) is 0.455. The number of carbonyl (C=O) groups excluding carboxylic acids is 1. The quantitative estimate of drug-likeness (QED) is 0.745. The summed E-state index contributed by atoms with van der Waals surface area (Å²) in [5.41, 5.74) is 9.95. The average Bonchev–Trinajstić information content (AvgIpc) is 3.13. The summed E-state index contributed by atoms with van der Waals surface area (Å²) < 4.78 is 0. The third-order valence-electron chi connectivity index (χ3n) is 5.91. The smallest absolute Gasteiger partial charge is 0.243 e. The number of hydrogen-bond acceptors (Lipinski definition) is 5. The summed E-state index contributed by atoms with van der Waals surface area (Å²) in [4.78, 5) is 19.3. The summed E-state index contributed by atoms with van der Waals surface area (Å²) in [6, 6.07) is 12.4. The Morgan fingerprint density at radius 2 is 2.00 bits per heavy atom. The number of carbonyl (C=O) groups is 1. The van der Waals surface area contributed by atoms with E-state index in [1.165, 1.54) is 11.1 Å². The molecule has 0 spiro atoms. The second-order valence-electron chi connectivity index (χ2n) is 8.26. The Morgan fingerprint density at radius 3 is 2.71 bits per heavy atom. The minimum Gasteiger partial charge on any atom is -0.325 e. The summed E-state index contributed by atoms with van der Waals surface area (Å²) in [7, 11) is 4.10. The Kier molecular flexibility index (Phi) is 5.71. The number of fused-ring (bicyclic) bond motifs is 1. The Bertz CT molecular complexity index is 792. The van der Waals surface area contributed by atoms with Crippen LogP contribution in [0.5, 0.6) is 0 Å². The normalized spacial score (nSPS) is 26.8. The van der Waals surface area contributed by atoms with Crippen LogP contribution in [0.15, 0.2) is 48.8 Å². The largest absolute Gasteiger partial charge is 0.325 e. The number of pyridine rings is 1. The van der Waals surface area contributed by atoms with E-state index in [4.69, 9.17) is 0 Å². The van der Waals surface area contributed by atoms with Crippen molar-refractivity contribution in [2.45, 2.75) is 43.8 Å². The lowest BCUT2D eigenvalue weighted by atomic mass is 9.73. The molecule has 1 aliphatic heterocycles. The molecule has 4 unspecified atom stereocenters. The van der Waals surface area contributed by atoms with Gasteiger partial charge in [0, 0.05) is 36.6 Å². The summed E-state index contributed by atoms with van der Waals surface area (Å²) in [5.74, 6) is 0.788. The van der Waals surface area contributed by atoms with Crippen molar-refractivity contribution < 1.29 is 4.79 Å². The molecule has 0 bridgehead atoms. The molecule has 1 aliphatic carbocycles. The lowest BCUT2D eigenvalue weighted by Gasteiger charge is -2.32. The van der Waals surface area contributed by atoms with E-state index in [9.17, 15) is 4.79 Å². The number of hydrazine groups is 1. The molecule has 1 saturated carbocycles. The molecule has 4 atom stereocenters. The first-order valence-electron chi connectivity index (χ1n) is 10.1. The van der Waals surface area contributed by atoms with Crippen molar-refractivity contribution in [3.05, 3.63) is 59.9 Å². The van der Waals surface area contributed by atoms with Gasteiger partial charge in [0.15, 0.2) is 0 Å². The molecule has 2 aromatic rings. The molecule has 28 heavy (non-hydrogen) atoms. The van der Waals surface area contributed by atoms with Crippen molar-refractivity contribution in [3.8, 4) is 0 Å². The van der Waals surface area contributed by atoms with E-state index in [1.54, 1.807) is 0 Å². The van der Waals surface area contributed by atoms with Crippen LogP contribution in [0.1, 0.15) is 36.3 Å². The highest BCUT2D eigenvalue weighted by Gasteiger charge is 2.43. The summed E-state index contributed by atoms with van der Waals surface area (Å²) in [5, 5.41) is 3.08. The molecule has 148 valence electrons. The summed E-state index contributed by atoms with van der Waals surface area (Å²) in [6.07, 6.45) is 6.97. The van der Waals surface area contributed by atoms with Gasteiger partial charge >= 0.3 is 0 Å². The van der Waals surface area contributed by atoms with Gasteiger partial charge in [-0.05, 0) is 68.6 Å². The lowest BCUT2D eigenvalue weighted by molar-refractivity contribution is -0.119. The fourth-order valence-corrected chi connectivity index (χ4v) is 4.52. The molecule has 2 heterocycles. The van der Waals surface area contributed by atoms with Gasteiger partial charge in [-0.1, -0.05) is 18.2 Å². The summed E-state index contributed by atoms with van der Waals surface area (Å²) >= 11 is 0. The molecular weight excluding hydrogens is 350 g/mol. The highest BCUT2D eigenvalue weighted by atomic mass is 16.2. The first-order valence-corrected chi connectivity index (χ1v) is 10.1. The van der Waals surface area contributed by atoms with Crippen molar-refractivity contribution in [1.82, 2.24) is 20.7 Å². The Hall–Kier alpha value is -2.28. The lowest BCUT2D eigenvalue weighted by Crippen LogP contribution is -2.42. The van der Waals surface area contributed by atoms with Crippen LogP contribution >= 0.6 is 0 Å². The van der Waals surface area contributed by atoms with Gasteiger partial charge in [0.1, 0.15) is 6.04 Å². The molecule has 6 nitrogen and oxygen atoms in total. The third-order valence-corrected chi connectivity index (χ3v) is 5.91. The summed E-state index contributed by atoms with van der Waals surface area (Å²) in [6.45, 7) is 0.891. The topological polar surface area (TPSA) is 69.3 Å². The van der Waals surface area contributed by atoms with Gasteiger partial charge in [0.05, 0.1) is 0 Å². The van der Waals surface area contributed by atoms with Crippen LogP contribution < -0.4 is 16.2 Å². The second-order valence-corrected chi connectivity index (χ2v) is 8.26. The zero-order valence-electron chi connectivity index (χ0n) is 16.6. The maximum absolute atomic E-state index is 12.9. The molecular formula is C22H29N5O. The number of rotatable bonds is 5. The Labute approximate surface area is 166 Å². The maximum atomic E-state index is 12.9. The third kappa shape index (κ3) is 4.24. The minimum atomic E-state index is -0.217. The van der Waals surface area contributed by atoms with Gasteiger partial charge in [-0.25, -0.2) is 5.43 Å². The van der Waals surface area contributed by atoms with Gasteiger partial charge in [0.25, 0.3) is 0 Å². The van der Waals surface area contributed by atoms with Gasteiger partial charge in [-0.15, -0.1) is 0 Å². The fourth-order valence-electron chi connectivity index (χ4n) is 4.52. The number of anilines is 1. The highest BCUT2D eigenvalue weighted by Crippen LogP contribution is 2.39. The molecule has 1 aromatic carbocycles. The van der Waals surface area contributed by atoms with Crippen molar-refractivity contribution in [3.63, 3.8) is 0 Å². The minimum absolute atomic E-state index is 0.0344. The van der Waals surface area contributed by atoms with Gasteiger partial charge in [-0.2, -0.15) is 0 Å². The molecule has 6 heteroatoms. The van der Waals surface area contributed by atoms with Crippen molar-refractivity contribution >= 4 is 11.6 Å². The number of nitrogens with zero attached hydrogens (tertiary/aromatic N) is 2.